The normalized spacial score (nSPS) is 27.7. The van der Waals surface area contributed by atoms with E-state index in [-0.39, 0.29) is 0 Å². The Bertz CT molecular complexity index is 209. The van der Waals surface area contributed by atoms with E-state index in [1.54, 1.807) is 0 Å². The van der Waals surface area contributed by atoms with Gasteiger partial charge in [0.25, 0.3) is 0 Å². The van der Waals surface area contributed by atoms with E-state index in [0.717, 1.165) is 16.9 Å². The van der Waals surface area contributed by atoms with E-state index in [2.05, 4.69) is 48.6 Å². The summed E-state index contributed by atoms with van der Waals surface area (Å²) in [5.74, 6) is 0.905. The molecule has 88 valence electrons. The molecule has 1 aliphatic carbocycles. The minimum Gasteiger partial charge on any atom is -0.309 e. The predicted octanol–water partition coefficient (Wildman–Crippen LogP) is 4.09. The molecular weight excluding hydrogens is 250 g/mol. The van der Waals surface area contributed by atoms with Crippen molar-refractivity contribution in [3.63, 3.8) is 0 Å². The summed E-state index contributed by atoms with van der Waals surface area (Å²) in [5, 5.41) is 3.55. The Labute approximate surface area is 103 Å². The molecule has 0 bridgehead atoms. The highest BCUT2D eigenvalue weighted by Gasteiger charge is 2.29. The molecule has 1 fully saturated rings. The summed E-state index contributed by atoms with van der Waals surface area (Å²) >= 11 is 3.39. The average Bonchev–Trinajstić information content (AvgIpc) is 2.14. The summed E-state index contributed by atoms with van der Waals surface area (Å²) in [6, 6.07) is 0.706. The summed E-state index contributed by atoms with van der Waals surface area (Å²) < 4.78 is 1.06. The minimum absolute atomic E-state index is 0.490. The van der Waals surface area contributed by atoms with Gasteiger partial charge in [0.2, 0.25) is 0 Å². The van der Waals surface area contributed by atoms with Crippen molar-refractivity contribution in [1.82, 2.24) is 5.32 Å². The molecule has 0 amide bonds. The lowest BCUT2D eigenvalue weighted by atomic mass is 9.71. The summed E-state index contributed by atoms with van der Waals surface area (Å²) in [7, 11) is 0. The Morgan fingerprint density at radius 2 is 1.80 bits per heavy atom. The van der Waals surface area contributed by atoms with Gasteiger partial charge in [-0.1, -0.05) is 43.3 Å². The van der Waals surface area contributed by atoms with Crippen molar-refractivity contribution < 1.29 is 0 Å². The first-order chi connectivity index (χ1) is 6.89. The summed E-state index contributed by atoms with van der Waals surface area (Å²) in [4.78, 5) is 0. The fraction of sp³-hybridized carbons (Fsp3) is 0.846. The van der Waals surface area contributed by atoms with Crippen LogP contribution >= 0.6 is 15.9 Å². The summed E-state index contributed by atoms with van der Waals surface area (Å²) in [6.07, 6.45) is 5.39. The zero-order chi connectivity index (χ0) is 11.5. The van der Waals surface area contributed by atoms with Gasteiger partial charge in [-0.3, -0.25) is 0 Å². The van der Waals surface area contributed by atoms with Gasteiger partial charge in [-0.05, 0) is 37.0 Å². The van der Waals surface area contributed by atoms with Crippen LogP contribution in [-0.2, 0) is 0 Å². The van der Waals surface area contributed by atoms with Crippen LogP contribution in [0.2, 0.25) is 0 Å². The van der Waals surface area contributed by atoms with Crippen molar-refractivity contribution in [2.24, 2.45) is 11.3 Å². The van der Waals surface area contributed by atoms with E-state index in [1.807, 2.05) is 0 Å². The zero-order valence-electron chi connectivity index (χ0n) is 10.3. The van der Waals surface area contributed by atoms with Gasteiger partial charge >= 0.3 is 0 Å². The van der Waals surface area contributed by atoms with Crippen LogP contribution in [0.4, 0.5) is 0 Å². The second-order valence-electron chi connectivity index (χ2n) is 5.81. The number of hydrogen-bond acceptors (Lipinski definition) is 1. The van der Waals surface area contributed by atoms with Crippen LogP contribution in [0.3, 0.4) is 0 Å². The molecule has 0 aliphatic heterocycles. The summed E-state index contributed by atoms with van der Waals surface area (Å²) in [6.45, 7) is 11.9. The maximum atomic E-state index is 3.85. The van der Waals surface area contributed by atoms with E-state index in [9.17, 15) is 0 Å². The molecule has 0 spiro atoms. The topological polar surface area (TPSA) is 12.0 Å². The van der Waals surface area contributed by atoms with Gasteiger partial charge in [0.05, 0.1) is 0 Å². The van der Waals surface area contributed by atoms with Crippen molar-refractivity contribution in [2.75, 3.05) is 6.54 Å². The number of nitrogens with one attached hydrogen (secondary N) is 1. The molecule has 0 aromatic rings. The molecule has 1 saturated carbocycles. The lowest BCUT2D eigenvalue weighted by molar-refractivity contribution is 0.161. The highest BCUT2D eigenvalue weighted by atomic mass is 79.9. The van der Waals surface area contributed by atoms with Gasteiger partial charge in [0, 0.05) is 17.1 Å². The van der Waals surface area contributed by atoms with Crippen LogP contribution < -0.4 is 5.32 Å². The smallest absolute Gasteiger partial charge is 0.0268 e. The Balaban J connectivity index is 2.27. The molecule has 0 aromatic carbocycles. The lowest BCUT2D eigenvalue weighted by Gasteiger charge is -2.37. The number of halogens is 1. The molecule has 0 radical (unpaired) electrons. The zero-order valence-corrected chi connectivity index (χ0v) is 11.9. The Morgan fingerprint density at radius 3 is 2.20 bits per heavy atom. The van der Waals surface area contributed by atoms with Crippen LogP contribution in [0, 0.1) is 11.3 Å². The monoisotopic (exact) mass is 273 g/mol. The third kappa shape index (κ3) is 4.69. The van der Waals surface area contributed by atoms with E-state index < -0.39 is 0 Å². The molecule has 0 atom stereocenters. The molecule has 15 heavy (non-hydrogen) atoms. The van der Waals surface area contributed by atoms with Gasteiger partial charge in [0.15, 0.2) is 0 Å². The molecule has 0 heterocycles. The van der Waals surface area contributed by atoms with Gasteiger partial charge < -0.3 is 5.32 Å². The largest absolute Gasteiger partial charge is 0.309 e. The highest BCUT2D eigenvalue weighted by molar-refractivity contribution is 9.11. The van der Waals surface area contributed by atoms with Gasteiger partial charge in [0.1, 0.15) is 0 Å². The lowest BCUT2D eigenvalue weighted by Crippen LogP contribution is -2.36. The van der Waals surface area contributed by atoms with Crippen LogP contribution in [0.5, 0.6) is 0 Å². The van der Waals surface area contributed by atoms with Gasteiger partial charge in [-0.2, -0.15) is 0 Å². The van der Waals surface area contributed by atoms with Gasteiger partial charge in [-0.25, -0.2) is 0 Å². The second kappa shape index (κ2) is 5.49. The molecule has 0 unspecified atom stereocenters. The molecule has 2 heteroatoms. The van der Waals surface area contributed by atoms with Crippen LogP contribution in [-0.4, -0.2) is 12.6 Å². The molecular formula is C13H24BrN. The Hall–Kier alpha value is 0.180. The van der Waals surface area contributed by atoms with Crippen LogP contribution in [0.25, 0.3) is 0 Å². The standard InChI is InChI=1S/C13H24BrN/c1-10(14)9-15-12-7-5-11(6-8-12)13(2,3)4/h11-12,15H,1,5-9H2,2-4H3. The third-order valence-electron chi connectivity index (χ3n) is 3.53. The molecule has 0 aromatic heterocycles. The first kappa shape index (κ1) is 13.2. The van der Waals surface area contributed by atoms with Crippen molar-refractivity contribution in [1.29, 1.82) is 0 Å². The quantitative estimate of drug-likeness (QED) is 0.817. The third-order valence-corrected chi connectivity index (χ3v) is 3.81. The second-order valence-corrected chi connectivity index (χ2v) is 6.93. The molecule has 1 rings (SSSR count). The Morgan fingerprint density at radius 1 is 1.27 bits per heavy atom. The van der Waals surface area contributed by atoms with E-state index in [0.29, 0.717) is 11.5 Å². The number of rotatable bonds is 3. The minimum atomic E-state index is 0.490. The van der Waals surface area contributed by atoms with Crippen LogP contribution in [0.15, 0.2) is 11.1 Å². The van der Waals surface area contributed by atoms with Crippen LogP contribution in [0.1, 0.15) is 46.5 Å². The van der Waals surface area contributed by atoms with E-state index >= 15 is 0 Å². The van der Waals surface area contributed by atoms with E-state index in [1.165, 1.54) is 25.7 Å². The summed E-state index contributed by atoms with van der Waals surface area (Å²) in [5.41, 5.74) is 0.490. The van der Waals surface area contributed by atoms with Crippen molar-refractivity contribution in [3.05, 3.63) is 11.1 Å². The highest BCUT2D eigenvalue weighted by Crippen LogP contribution is 2.37. The fourth-order valence-corrected chi connectivity index (χ4v) is 2.58. The van der Waals surface area contributed by atoms with Crippen molar-refractivity contribution in [3.8, 4) is 0 Å². The molecule has 0 saturated heterocycles. The van der Waals surface area contributed by atoms with E-state index in [4.69, 9.17) is 0 Å². The van der Waals surface area contributed by atoms with Gasteiger partial charge in [-0.15, -0.1) is 0 Å². The SMILES string of the molecule is C=C(Br)CNC1CCC(C(C)(C)C)CC1. The fourth-order valence-electron chi connectivity index (χ4n) is 2.42. The predicted molar refractivity (Wildman–Crippen MR) is 71.3 cm³/mol. The number of hydrogen-bond donors (Lipinski definition) is 1. The Kier molecular flexibility index (Phi) is 4.85. The first-order valence-electron chi connectivity index (χ1n) is 5.96. The first-order valence-corrected chi connectivity index (χ1v) is 6.75. The molecule has 1 N–H and O–H groups in total. The molecule has 1 aliphatic rings. The van der Waals surface area contributed by atoms with Crippen molar-refractivity contribution >= 4 is 15.9 Å². The van der Waals surface area contributed by atoms with Crippen molar-refractivity contribution in [2.45, 2.75) is 52.5 Å². The maximum absolute atomic E-state index is 3.85. The molecule has 1 nitrogen and oxygen atoms in total. The average molecular weight is 274 g/mol. The maximum Gasteiger partial charge on any atom is 0.0268 e.